The number of aliphatic carboxylic acids is 1. The van der Waals surface area contributed by atoms with Crippen LogP contribution < -0.4 is 10.6 Å². The van der Waals surface area contributed by atoms with Crippen molar-refractivity contribution in [2.45, 2.75) is 53.0 Å². The predicted octanol–water partition coefficient (Wildman–Crippen LogP) is 1.68. The van der Waals surface area contributed by atoms with Crippen LogP contribution in [0, 0.1) is 17.8 Å². The highest BCUT2D eigenvalue weighted by Crippen LogP contribution is 2.18. The molecule has 0 aromatic rings. The Kier molecular flexibility index (Phi) is 8.01. The maximum Gasteiger partial charge on any atom is 0.326 e. The molecule has 0 radical (unpaired) electrons. The number of hydrogen-bond donors (Lipinski definition) is 3. The second-order valence-corrected chi connectivity index (χ2v) is 7.08. The number of urea groups is 1. The Morgan fingerprint density at radius 1 is 1.25 bits per heavy atom. The molecule has 1 aliphatic rings. The van der Waals surface area contributed by atoms with Gasteiger partial charge in [0.15, 0.2) is 0 Å². The first-order valence-electron chi connectivity index (χ1n) is 8.82. The maximum absolute atomic E-state index is 12.4. The molecular weight excluding hydrogens is 310 g/mol. The van der Waals surface area contributed by atoms with Crippen LogP contribution in [-0.4, -0.2) is 53.6 Å². The SMILES string of the molecule is CCC(C)C(NC(=O)C1CCCN(C(=O)NCC(C)C)C1)C(=O)O. The molecule has 1 saturated heterocycles. The molecule has 7 heteroatoms. The predicted molar refractivity (Wildman–Crippen MR) is 91.6 cm³/mol. The van der Waals surface area contributed by atoms with Crippen LogP contribution in [0.5, 0.6) is 0 Å². The van der Waals surface area contributed by atoms with Crippen LogP contribution in [-0.2, 0) is 9.59 Å². The van der Waals surface area contributed by atoms with E-state index >= 15 is 0 Å². The molecule has 3 unspecified atom stereocenters. The van der Waals surface area contributed by atoms with Gasteiger partial charge < -0.3 is 20.6 Å². The lowest BCUT2D eigenvalue weighted by Gasteiger charge is -2.33. The number of carbonyl (C=O) groups excluding carboxylic acids is 2. The van der Waals surface area contributed by atoms with Crippen molar-refractivity contribution >= 4 is 17.9 Å². The third kappa shape index (κ3) is 6.02. The highest BCUT2D eigenvalue weighted by atomic mass is 16.4. The molecule has 7 nitrogen and oxygen atoms in total. The van der Waals surface area contributed by atoms with Crippen molar-refractivity contribution in [1.82, 2.24) is 15.5 Å². The third-order valence-corrected chi connectivity index (χ3v) is 4.52. The van der Waals surface area contributed by atoms with Gasteiger partial charge in [0.05, 0.1) is 5.92 Å². The largest absolute Gasteiger partial charge is 0.480 e. The Hall–Kier alpha value is -1.79. The number of nitrogens with zero attached hydrogens (tertiary/aromatic N) is 1. The lowest BCUT2D eigenvalue weighted by molar-refractivity contribution is -0.144. The lowest BCUT2D eigenvalue weighted by atomic mass is 9.94. The molecule has 0 saturated carbocycles. The van der Waals surface area contributed by atoms with E-state index in [0.717, 1.165) is 6.42 Å². The minimum Gasteiger partial charge on any atom is -0.480 e. The first-order chi connectivity index (χ1) is 11.3. The van der Waals surface area contributed by atoms with Gasteiger partial charge in [-0.2, -0.15) is 0 Å². The number of piperidine rings is 1. The molecule has 1 heterocycles. The van der Waals surface area contributed by atoms with E-state index in [1.165, 1.54) is 0 Å². The van der Waals surface area contributed by atoms with E-state index in [-0.39, 0.29) is 23.8 Å². The summed E-state index contributed by atoms with van der Waals surface area (Å²) in [7, 11) is 0. The van der Waals surface area contributed by atoms with E-state index < -0.39 is 12.0 Å². The van der Waals surface area contributed by atoms with Crippen LogP contribution in [0.2, 0.25) is 0 Å². The summed E-state index contributed by atoms with van der Waals surface area (Å²) in [5.74, 6) is -1.41. The standard InChI is InChI=1S/C17H31N3O4/c1-5-12(4)14(16(22)23)19-15(21)13-7-6-8-20(10-13)17(24)18-9-11(2)3/h11-14H,5-10H2,1-4H3,(H,18,24)(H,19,21)(H,22,23). The zero-order valence-electron chi connectivity index (χ0n) is 15.2. The quantitative estimate of drug-likeness (QED) is 0.656. The minimum absolute atomic E-state index is 0.138. The number of carboxylic acids is 1. The number of carboxylic acid groups (broad SMARTS) is 1. The van der Waals surface area contributed by atoms with E-state index in [9.17, 15) is 19.5 Å². The van der Waals surface area contributed by atoms with Gasteiger partial charge in [-0.05, 0) is 24.7 Å². The van der Waals surface area contributed by atoms with Gasteiger partial charge >= 0.3 is 12.0 Å². The number of hydrogen-bond acceptors (Lipinski definition) is 3. The summed E-state index contributed by atoms with van der Waals surface area (Å²) in [4.78, 5) is 37.6. The molecule has 3 atom stereocenters. The molecule has 1 fully saturated rings. The molecular formula is C17H31N3O4. The van der Waals surface area contributed by atoms with Crippen molar-refractivity contribution in [3.8, 4) is 0 Å². The topological polar surface area (TPSA) is 98.7 Å². The first-order valence-corrected chi connectivity index (χ1v) is 8.82. The molecule has 138 valence electrons. The summed E-state index contributed by atoms with van der Waals surface area (Å²) in [6, 6.07) is -1.04. The fourth-order valence-corrected chi connectivity index (χ4v) is 2.73. The van der Waals surface area contributed by atoms with Crippen molar-refractivity contribution in [1.29, 1.82) is 0 Å². The highest BCUT2D eigenvalue weighted by Gasteiger charge is 2.32. The van der Waals surface area contributed by atoms with E-state index in [1.807, 2.05) is 27.7 Å². The Bertz CT molecular complexity index is 453. The summed E-state index contributed by atoms with van der Waals surface area (Å²) >= 11 is 0. The van der Waals surface area contributed by atoms with Crippen LogP contribution in [0.4, 0.5) is 4.79 Å². The summed E-state index contributed by atoms with van der Waals surface area (Å²) in [6.07, 6.45) is 2.09. The van der Waals surface area contributed by atoms with Gasteiger partial charge in [-0.1, -0.05) is 34.1 Å². The molecule has 1 rings (SSSR count). The van der Waals surface area contributed by atoms with E-state index in [2.05, 4.69) is 10.6 Å². The van der Waals surface area contributed by atoms with Crippen LogP contribution >= 0.6 is 0 Å². The molecule has 0 spiro atoms. The van der Waals surface area contributed by atoms with Crippen LogP contribution in [0.1, 0.15) is 47.0 Å². The molecule has 24 heavy (non-hydrogen) atoms. The molecule has 0 bridgehead atoms. The highest BCUT2D eigenvalue weighted by molar-refractivity contribution is 5.86. The van der Waals surface area contributed by atoms with Crippen LogP contribution in [0.3, 0.4) is 0 Å². The van der Waals surface area contributed by atoms with Gasteiger partial charge in [0.25, 0.3) is 0 Å². The van der Waals surface area contributed by atoms with Gasteiger partial charge in [-0.15, -0.1) is 0 Å². The molecule has 0 aromatic carbocycles. The Balaban J connectivity index is 2.61. The second kappa shape index (κ2) is 9.49. The van der Waals surface area contributed by atoms with Gasteiger partial charge in [-0.3, -0.25) is 4.79 Å². The molecule has 3 N–H and O–H groups in total. The maximum atomic E-state index is 12.4. The normalized spacial score (nSPS) is 20.4. The fourth-order valence-electron chi connectivity index (χ4n) is 2.73. The van der Waals surface area contributed by atoms with E-state index in [0.29, 0.717) is 38.4 Å². The van der Waals surface area contributed by atoms with Crippen LogP contribution in [0.25, 0.3) is 0 Å². The summed E-state index contributed by atoms with van der Waals surface area (Å²) in [5, 5.41) is 14.8. The molecule has 1 aliphatic heterocycles. The van der Waals surface area contributed by atoms with Gasteiger partial charge in [-0.25, -0.2) is 9.59 Å². The smallest absolute Gasteiger partial charge is 0.326 e. The summed E-state index contributed by atoms with van der Waals surface area (Å²) in [5.41, 5.74) is 0. The molecule has 0 aliphatic carbocycles. The van der Waals surface area contributed by atoms with Crippen LogP contribution in [0.15, 0.2) is 0 Å². The summed E-state index contributed by atoms with van der Waals surface area (Å²) in [6.45, 7) is 9.31. The van der Waals surface area contributed by atoms with Crippen molar-refractivity contribution in [2.75, 3.05) is 19.6 Å². The number of likely N-dealkylation sites (tertiary alicyclic amines) is 1. The number of rotatable bonds is 7. The Morgan fingerprint density at radius 2 is 1.92 bits per heavy atom. The number of amides is 3. The molecule has 3 amide bonds. The van der Waals surface area contributed by atoms with Gasteiger partial charge in [0, 0.05) is 19.6 Å². The van der Waals surface area contributed by atoms with Gasteiger partial charge in [0.1, 0.15) is 6.04 Å². The average molecular weight is 341 g/mol. The minimum atomic E-state index is -1.01. The van der Waals surface area contributed by atoms with Crippen molar-refractivity contribution in [2.24, 2.45) is 17.8 Å². The fraction of sp³-hybridized carbons (Fsp3) is 0.824. The van der Waals surface area contributed by atoms with Crippen molar-refractivity contribution in [3.63, 3.8) is 0 Å². The van der Waals surface area contributed by atoms with E-state index in [4.69, 9.17) is 0 Å². The van der Waals surface area contributed by atoms with Crippen molar-refractivity contribution < 1.29 is 19.5 Å². The monoisotopic (exact) mass is 341 g/mol. The third-order valence-electron chi connectivity index (χ3n) is 4.52. The summed E-state index contributed by atoms with van der Waals surface area (Å²) < 4.78 is 0. The average Bonchev–Trinajstić information content (AvgIpc) is 2.56. The number of carbonyl (C=O) groups is 3. The van der Waals surface area contributed by atoms with Gasteiger partial charge in [0.2, 0.25) is 5.91 Å². The zero-order valence-corrected chi connectivity index (χ0v) is 15.2. The van der Waals surface area contributed by atoms with E-state index in [1.54, 1.807) is 4.90 Å². The van der Waals surface area contributed by atoms with Crippen molar-refractivity contribution in [3.05, 3.63) is 0 Å². The Morgan fingerprint density at radius 3 is 2.46 bits per heavy atom. The molecule has 0 aromatic heterocycles. The lowest BCUT2D eigenvalue weighted by Crippen LogP contribution is -2.52. The number of nitrogens with one attached hydrogen (secondary N) is 2. The zero-order chi connectivity index (χ0) is 18.3. The Labute approximate surface area is 144 Å². The first kappa shape index (κ1) is 20.3. The second-order valence-electron chi connectivity index (χ2n) is 7.08.